The summed E-state index contributed by atoms with van der Waals surface area (Å²) in [7, 11) is 1.95. The molecule has 0 aliphatic carbocycles. The molecule has 112 valence electrons. The van der Waals surface area contributed by atoms with Crippen LogP contribution in [0.15, 0.2) is 30.9 Å². The Hall–Kier alpha value is -1.79. The van der Waals surface area contributed by atoms with E-state index in [-0.39, 0.29) is 10.7 Å². The highest BCUT2D eigenvalue weighted by atomic mass is 35.5. The van der Waals surface area contributed by atoms with E-state index in [2.05, 4.69) is 5.32 Å². The monoisotopic (exact) mass is 329 g/mol. The van der Waals surface area contributed by atoms with Gasteiger partial charge in [-0.1, -0.05) is 23.2 Å². The molecule has 0 unspecified atom stereocenters. The zero-order valence-corrected chi connectivity index (χ0v) is 12.9. The number of nitrogens with one attached hydrogen (secondary N) is 1. The van der Waals surface area contributed by atoms with E-state index in [0.29, 0.717) is 17.3 Å². The number of anilines is 1. The Morgan fingerprint density at radius 3 is 2.71 bits per heavy atom. The Balaban J connectivity index is 1.96. The highest BCUT2D eigenvalue weighted by molar-refractivity contribution is 6.42. The molecule has 0 radical (unpaired) electrons. The van der Waals surface area contributed by atoms with Crippen LogP contribution in [0.2, 0.25) is 10.0 Å². The van der Waals surface area contributed by atoms with Crippen molar-refractivity contribution in [2.45, 2.75) is 13.0 Å². The summed E-state index contributed by atoms with van der Waals surface area (Å²) >= 11 is 11.7. The van der Waals surface area contributed by atoms with Crippen LogP contribution in [-0.2, 0) is 13.6 Å². The molecule has 6 nitrogen and oxygen atoms in total. The predicted octanol–water partition coefficient (Wildman–Crippen LogP) is 3.03. The lowest BCUT2D eigenvalue weighted by Gasteiger charge is -2.07. The molecule has 0 spiro atoms. The molecule has 0 saturated heterocycles. The quantitative estimate of drug-likeness (QED) is 0.383. The van der Waals surface area contributed by atoms with Crippen molar-refractivity contribution in [1.82, 2.24) is 4.57 Å². The standard InChI is InChI=1S/C13H15Cl2N4O2/c1-17-5-6-18(9-17)4-2-3-16-12-7-10(14)11(15)8-13(12)19(20)21/h5-9,16H,2-4H2,1H3/q+1. The zero-order chi connectivity index (χ0) is 15.4. The van der Waals surface area contributed by atoms with Gasteiger partial charge in [0.2, 0.25) is 6.33 Å². The van der Waals surface area contributed by atoms with Gasteiger partial charge < -0.3 is 5.32 Å². The van der Waals surface area contributed by atoms with Crippen LogP contribution >= 0.6 is 23.2 Å². The largest absolute Gasteiger partial charge is 0.379 e. The fourth-order valence-corrected chi connectivity index (χ4v) is 2.27. The number of nitrogens with zero attached hydrogens (tertiary/aromatic N) is 3. The van der Waals surface area contributed by atoms with Gasteiger partial charge in [-0.2, -0.15) is 0 Å². The van der Waals surface area contributed by atoms with Gasteiger partial charge in [0.15, 0.2) is 0 Å². The molecule has 1 N–H and O–H groups in total. The smallest absolute Gasteiger partial charge is 0.293 e. The second-order valence-electron chi connectivity index (χ2n) is 4.64. The number of nitro groups is 1. The molecule has 0 aliphatic rings. The van der Waals surface area contributed by atoms with E-state index in [9.17, 15) is 10.1 Å². The number of hydrogen-bond donors (Lipinski definition) is 1. The van der Waals surface area contributed by atoms with Gasteiger partial charge in [-0.3, -0.25) is 10.1 Å². The molecular formula is C13H15Cl2N4O2+. The number of hydrogen-bond acceptors (Lipinski definition) is 3. The van der Waals surface area contributed by atoms with Crippen LogP contribution in [0.25, 0.3) is 0 Å². The minimum Gasteiger partial charge on any atom is -0.379 e. The zero-order valence-electron chi connectivity index (χ0n) is 11.4. The van der Waals surface area contributed by atoms with Crippen LogP contribution < -0.4 is 9.88 Å². The Morgan fingerprint density at radius 1 is 1.38 bits per heavy atom. The summed E-state index contributed by atoms with van der Waals surface area (Å²) < 4.78 is 4.00. The summed E-state index contributed by atoms with van der Waals surface area (Å²) in [6.45, 7) is 1.42. The Labute approximate surface area is 132 Å². The highest BCUT2D eigenvalue weighted by Crippen LogP contribution is 2.33. The van der Waals surface area contributed by atoms with Gasteiger partial charge in [0.25, 0.3) is 5.69 Å². The number of nitro benzene ring substituents is 1. The molecule has 0 fully saturated rings. The number of rotatable bonds is 6. The normalized spacial score (nSPS) is 10.6. The van der Waals surface area contributed by atoms with Crippen molar-refractivity contribution in [3.8, 4) is 0 Å². The maximum atomic E-state index is 11.0. The third-order valence-electron chi connectivity index (χ3n) is 2.97. The number of aryl methyl sites for hydroxylation is 2. The summed E-state index contributed by atoms with van der Waals surface area (Å²) in [5.74, 6) is 0. The average Bonchev–Trinajstić information content (AvgIpc) is 2.83. The molecule has 2 aromatic rings. The summed E-state index contributed by atoms with van der Waals surface area (Å²) in [6, 6.07) is 2.75. The van der Waals surface area contributed by atoms with Crippen LogP contribution in [0.1, 0.15) is 6.42 Å². The number of aromatic nitrogens is 2. The van der Waals surface area contributed by atoms with Crippen molar-refractivity contribution in [3.05, 3.63) is 51.0 Å². The Morgan fingerprint density at radius 2 is 2.10 bits per heavy atom. The van der Waals surface area contributed by atoms with Crippen molar-refractivity contribution in [2.24, 2.45) is 7.05 Å². The first-order valence-electron chi connectivity index (χ1n) is 6.35. The molecule has 0 bridgehead atoms. The average molecular weight is 330 g/mol. The van der Waals surface area contributed by atoms with Crippen LogP contribution in [0.4, 0.5) is 11.4 Å². The van der Waals surface area contributed by atoms with E-state index in [1.54, 1.807) is 0 Å². The van der Waals surface area contributed by atoms with Crippen LogP contribution in [0, 0.1) is 10.1 Å². The van der Waals surface area contributed by atoms with Crippen molar-refractivity contribution >= 4 is 34.6 Å². The predicted molar refractivity (Wildman–Crippen MR) is 81.8 cm³/mol. The lowest BCUT2D eigenvalue weighted by molar-refractivity contribution is -0.671. The fraction of sp³-hybridized carbons (Fsp3) is 0.308. The molecule has 0 amide bonds. The second kappa shape index (κ2) is 6.78. The first-order valence-corrected chi connectivity index (χ1v) is 7.11. The molecule has 1 heterocycles. The van der Waals surface area contributed by atoms with E-state index in [1.165, 1.54) is 12.1 Å². The molecule has 1 aromatic carbocycles. The first kappa shape index (κ1) is 15.6. The minimum atomic E-state index is -0.476. The molecule has 1 aromatic heterocycles. The third-order valence-corrected chi connectivity index (χ3v) is 3.69. The minimum absolute atomic E-state index is 0.0724. The van der Waals surface area contributed by atoms with Gasteiger partial charge >= 0.3 is 0 Å². The van der Waals surface area contributed by atoms with Gasteiger partial charge in [-0.25, -0.2) is 9.13 Å². The van der Waals surface area contributed by atoms with E-state index in [0.717, 1.165) is 13.0 Å². The van der Waals surface area contributed by atoms with Crippen molar-refractivity contribution < 1.29 is 9.49 Å². The fourth-order valence-electron chi connectivity index (χ4n) is 1.95. The van der Waals surface area contributed by atoms with E-state index >= 15 is 0 Å². The van der Waals surface area contributed by atoms with E-state index in [1.807, 2.05) is 34.9 Å². The number of benzene rings is 1. The summed E-state index contributed by atoms with van der Waals surface area (Å²) in [6.07, 6.45) is 6.73. The van der Waals surface area contributed by atoms with Crippen molar-refractivity contribution in [2.75, 3.05) is 11.9 Å². The maximum Gasteiger partial charge on any atom is 0.293 e. The van der Waals surface area contributed by atoms with Gasteiger partial charge in [-0.15, -0.1) is 0 Å². The summed E-state index contributed by atoms with van der Waals surface area (Å²) in [5.41, 5.74) is 0.309. The van der Waals surface area contributed by atoms with Crippen LogP contribution in [-0.4, -0.2) is 16.0 Å². The second-order valence-corrected chi connectivity index (χ2v) is 5.45. The third kappa shape index (κ3) is 4.09. The van der Waals surface area contributed by atoms with Crippen molar-refractivity contribution in [3.63, 3.8) is 0 Å². The maximum absolute atomic E-state index is 11.0. The van der Waals surface area contributed by atoms with Crippen LogP contribution in [0.5, 0.6) is 0 Å². The highest BCUT2D eigenvalue weighted by Gasteiger charge is 2.16. The first-order chi connectivity index (χ1) is 9.97. The number of imidazole rings is 1. The topological polar surface area (TPSA) is 64.0 Å². The summed E-state index contributed by atoms with van der Waals surface area (Å²) in [5, 5.41) is 14.5. The molecule has 2 rings (SSSR count). The lowest BCUT2D eigenvalue weighted by atomic mass is 10.2. The Bertz CT molecular complexity index is 658. The number of halogens is 2. The molecule has 0 aliphatic heterocycles. The van der Waals surface area contributed by atoms with Gasteiger partial charge in [0.1, 0.15) is 18.1 Å². The molecular weight excluding hydrogens is 315 g/mol. The van der Waals surface area contributed by atoms with E-state index < -0.39 is 4.92 Å². The van der Waals surface area contributed by atoms with Gasteiger partial charge in [0, 0.05) is 19.0 Å². The summed E-state index contributed by atoms with van der Waals surface area (Å²) in [4.78, 5) is 10.5. The molecule has 8 heteroatoms. The molecule has 0 atom stereocenters. The van der Waals surface area contributed by atoms with Gasteiger partial charge in [0.05, 0.1) is 28.6 Å². The SMILES string of the molecule is C[n+]1ccn(CCCNc2cc(Cl)c(Cl)cc2[N+](=O)[O-])c1. The lowest BCUT2D eigenvalue weighted by Crippen LogP contribution is -2.23. The van der Waals surface area contributed by atoms with Gasteiger partial charge in [-0.05, 0) is 6.07 Å². The van der Waals surface area contributed by atoms with Crippen molar-refractivity contribution in [1.29, 1.82) is 0 Å². The van der Waals surface area contributed by atoms with Crippen LogP contribution in [0.3, 0.4) is 0 Å². The Kier molecular flexibility index (Phi) is 5.03. The molecule has 21 heavy (non-hydrogen) atoms. The molecule has 0 saturated carbocycles. The van der Waals surface area contributed by atoms with E-state index in [4.69, 9.17) is 23.2 Å².